The van der Waals surface area contributed by atoms with Crippen LogP contribution in [0.5, 0.6) is 0 Å². The summed E-state index contributed by atoms with van der Waals surface area (Å²) in [6.45, 7) is 9.15. The molecule has 1 aromatic rings. The highest BCUT2D eigenvalue weighted by Crippen LogP contribution is 2.30. The molecule has 2 rings (SSSR count). The van der Waals surface area contributed by atoms with E-state index in [9.17, 15) is 0 Å². The van der Waals surface area contributed by atoms with Gasteiger partial charge in [-0.3, -0.25) is 9.88 Å². The Bertz CT molecular complexity index is 329. The van der Waals surface area contributed by atoms with Crippen LogP contribution in [0.15, 0.2) is 24.5 Å². The van der Waals surface area contributed by atoms with Gasteiger partial charge in [0.25, 0.3) is 0 Å². The number of halogens is 2. The Labute approximate surface area is 129 Å². The molecule has 1 saturated heterocycles. The maximum absolute atomic E-state index is 4.13. The predicted molar refractivity (Wildman–Crippen MR) is 85.4 cm³/mol. The van der Waals surface area contributed by atoms with Crippen molar-refractivity contribution in [1.29, 1.82) is 0 Å². The maximum Gasteiger partial charge on any atom is 0.0375 e. The zero-order valence-corrected chi connectivity index (χ0v) is 13.3. The van der Waals surface area contributed by atoms with Crippen LogP contribution in [-0.2, 0) is 0 Å². The predicted octanol–water partition coefficient (Wildman–Crippen LogP) is 2.92. The van der Waals surface area contributed by atoms with Crippen LogP contribution in [0.3, 0.4) is 0 Å². The molecule has 0 spiro atoms. The molecule has 0 amide bonds. The van der Waals surface area contributed by atoms with Crippen molar-refractivity contribution in [3.63, 3.8) is 0 Å². The molecular formula is C14H25Cl2N3. The van der Waals surface area contributed by atoms with E-state index in [1.165, 1.54) is 12.0 Å². The van der Waals surface area contributed by atoms with Gasteiger partial charge in [-0.25, -0.2) is 0 Å². The molecule has 3 nitrogen and oxygen atoms in total. The second-order valence-corrected chi connectivity index (χ2v) is 4.90. The van der Waals surface area contributed by atoms with Crippen LogP contribution in [0.1, 0.15) is 31.9 Å². The first-order valence-electron chi connectivity index (χ1n) is 6.67. The number of hydrogen-bond donors (Lipinski definition) is 1. The first-order chi connectivity index (χ1) is 8.33. The van der Waals surface area contributed by atoms with E-state index in [0.717, 1.165) is 26.2 Å². The Morgan fingerprint density at radius 2 is 1.79 bits per heavy atom. The number of rotatable bonds is 4. The largest absolute Gasteiger partial charge is 0.314 e. The second kappa shape index (κ2) is 9.54. The van der Waals surface area contributed by atoms with E-state index in [1.54, 1.807) is 0 Å². The van der Waals surface area contributed by atoms with Crippen molar-refractivity contribution < 1.29 is 0 Å². The van der Waals surface area contributed by atoms with Gasteiger partial charge in [0.1, 0.15) is 0 Å². The summed E-state index contributed by atoms with van der Waals surface area (Å²) in [6, 6.07) is 4.88. The van der Waals surface area contributed by atoms with Crippen molar-refractivity contribution in [1.82, 2.24) is 15.2 Å². The monoisotopic (exact) mass is 305 g/mol. The van der Waals surface area contributed by atoms with Gasteiger partial charge in [-0.1, -0.05) is 20.3 Å². The number of hydrogen-bond acceptors (Lipinski definition) is 3. The zero-order chi connectivity index (χ0) is 12.1. The number of piperazine rings is 1. The molecule has 1 aromatic heterocycles. The van der Waals surface area contributed by atoms with E-state index in [1.807, 2.05) is 12.4 Å². The van der Waals surface area contributed by atoms with E-state index < -0.39 is 0 Å². The molecule has 1 aliphatic rings. The Kier molecular flexibility index (Phi) is 9.36. The lowest BCUT2D eigenvalue weighted by atomic mass is 9.91. The van der Waals surface area contributed by atoms with Crippen LogP contribution in [-0.4, -0.2) is 36.1 Å². The van der Waals surface area contributed by atoms with Gasteiger partial charge in [-0.05, 0) is 23.6 Å². The van der Waals surface area contributed by atoms with Gasteiger partial charge < -0.3 is 5.32 Å². The second-order valence-electron chi connectivity index (χ2n) is 4.90. The Balaban J connectivity index is 0.00000162. The van der Waals surface area contributed by atoms with Crippen molar-refractivity contribution >= 4 is 24.8 Å². The Morgan fingerprint density at radius 3 is 2.32 bits per heavy atom. The molecule has 1 N–H and O–H groups in total. The van der Waals surface area contributed by atoms with Gasteiger partial charge >= 0.3 is 0 Å². The van der Waals surface area contributed by atoms with Crippen molar-refractivity contribution in [3.8, 4) is 0 Å². The minimum absolute atomic E-state index is 0. The van der Waals surface area contributed by atoms with Crippen LogP contribution >= 0.6 is 24.8 Å². The lowest BCUT2D eigenvalue weighted by Gasteiger charge is -2.38. The molecule has 2 atom stereocenters. The van der Waals surface area contributed by atoms with Crippen molar-refractivity contribution in [2.75, 3.05) is 26.2 Å². The standard InChI is InChI=1S/C14H23N3.2ClH/c1-3-12(2)14(13-4-6-15-7-5-13)17-10-8-16-9-11-17;;/h4-7,12,14,16H,3,8-11H2,1-2H3;2*1H/t12?,14-;;/m1../s1. The molecule has 1 unspecified atom stereocenters. The third-order valence-electron chi connectivity index (χ3n) is 3.78. The smallest absolute Gasteiger partial charge is 0.0375 e. The van der Waals surface area contributed by atoms with E-state index in [0.29, 0.717) is 12.0 Å². The first kappa shape index (κ1) is 18.7. The highest BCUT2D eigenvalue weighted by molar-refractivity contribution is 5.85. The number of aromatic nitrogens is 1. The molecule has 0 aromatic carbocycles. The summed E-state index contributed by atoms with van der Waals surface area (Å²) >= 11 is 0. The van der Waals surface area contributed by atoms with E-state index in [4.69, 9.17) is 0 Å². The van der Waals surface area contributed by atoms with Crippen LogP contribution in [0.2, 0.25) is 0 Å². The van der Waals surface area contributed by atoms with Gasteiger partial charge in [0.05, 0.1) is 0 Å². The van der Waals surface area contributed by atoms with E-state index in [2.05, 4.69) is 41.2 Å². The summed E-state index contributed by atoms with van der Waals surface area (Å²) in [5, 5.41) is 3.42. The minimum atomic E-state index is 0. The summed E-state index contributed by atoms with van der Waals surface area (Å²) in [7, 11) is 0. The van der Waals surface area contributed by atoms with Crippen molar-refractivity contribution in [2.45, 2.75) is 26.3 Å². The molecule has 110 valence electrons. The molecule has 0 saturated carbocycles. The van der Waals surface area contributed by atoms with E-state index >= 15 is 0 Å². The SMILES string of the molecule is CCC(C)[C@H](c1ccncc1)N1CCNCC1.Cl.Cl. The van der Waals surface area contributed by atoms with Gasteiger partial charge in [0.15, 0.2) is 0 Å². The van der Waals surface area contributed by atoms with Gasteiger partial charge in [-0.2, -0.15) is 0 Å². The summed E-state index contributed by atoms with van der Waals surface area (Å²) in [5.74, 6) is 0.690. The summed E-state index contributed by atoms with van der Waals surface area (Å²) in [4.78, 5) is 6.74. The summed E-state index contributed by atoms with van der Waals surface area (Å²) in [6.07, 6.45) is 5.04. The normalized spacial score (nSPS) is 18.8. The fourth-order valence-electron chi connectivity index (χ4n) is 2.64. The maximum atomic E-state index is 4.13. The molecule has 0 bridgehead atoms. The molecule has 0 aliphatic carbocycles. The molecule has 0 radical (unpaired) electrons. The molecule has 1 aliphatic heterocycles. The lowest BCUT2D eigenvalue weighted by molar-refractivity contribution is 0.128. The molecule has 2 heterocycles. The highest BCUT2D eigenvalue weighted by atomic mass is 35.5. The van der Waals surface area contributed by atoms with Crippen LogP contribution in [0.4, 0.5) is 0 Å². The minimum Gasteiger partial charge on any atom is -0.314 e. The van der Waals surface area contributed by atoms with Gasteiger partial charge in [0, 0.05) is 44.6 Å². The molecule has 19 heavy (non-hydrogen) atoms. The number of nitrogens with one attached hydrogen (secondary N) is 1. The average Bonchev–Trinajstić information content (AvgIpc) is 2.41. The van der Waals surface area contributed by atoms with Crippen molar-refractivity contribution in [3.05, 3.63) is 30.1 Å². The first-order valence-corrected chi connectivity index (χ1v) is 6.67. The summed E-state index contributed by atoms with van der Waals surface area (Å²) in [5.41, 5.74) is 1.41. The molecule has 5 heteroatoms. The topological polar surface area (TPSA) is 28.2 Å². The van der Waals surface area contributed by atoms with Crippen molar-refractivity contribution in [2.24, 2.45) is 5.92 Å². The Hall–Kier alpha value is -0.350. The third kappa shape index (κ3) is 4.92. The van der Waals surface area contributed by atoms with Crippen LogP contribution in [0.25, 0.3) is 0 Å². The molecule has 1 fully saturated rings. The number of pyridine rings is 1. The van der Waals surface area contributed by atoms with E-state index in [-0.39, 0.29) is 24.8 Å². The number of nitrogens with zero attached hydrogens (tertiary/aromatic N) is 2. The fraction of sp³-hybridized carbons (Fsp3) is 0.643. The zero-order valence-electron chi connectivity index (χ0n) is 11.7. The third-order valence-corrected chi connectivity index (χ3v) is 3.78. The summed E-state index contributed by atoms with van der Waals surface area (Å²) < 4.78 is 0. The Morgan fingerprint density at radius 1 is 1.21 bits per heavy atom. The van der Waals surface area contributed by atoms with Crippen LogP contribution in [0, 0.1) is 5.92 Å². The quantitative estimate of drug-likeness (QED) is 0.927. The van der Waals surface area contributed by atoms with Crippen LogP contribution < -0.4 is 5.32 Å². The lowest BCUT2D eigenvalue weighted by Crippen LogP contribution is -2.46. The highest BCUT2D eigenvalue weighted by Gasteiger charge is 2.25. The fourth-order valence-corrected chi connectivity index (χ4v) is 2.64. The molecular weight excluding hydrogens is 281 g/mol. The van der Waals surface area contributed by atoms with Gasteiger partial charge in [0.2, 0.25) is 0 Å². The van der Waals surface area contributed by atoms with Gasteiger partial charge in [-0.15, -0.1) is 24.8 Å². The average molecular weight is 306 g/mol.